The highest BCUT2D eigenvalue weighted by Crippen LogP contribution is 2.30. The molecule has 1 aromatic carbocycles. The third-order valence-corrected chi connectivity index (χ3v) is 2.81. The lowest BCUT2D eigenvalue weighted by Gasteiger charge is -2.13. The van der Waals surface area contributed by atoms with Gasteiger partial charge in [0.05, 0.1) is 12.0 Å². The van der Waals surface area contributed by atoms with Crippen LogP contribution in [-0.2, 0) is 0 Å². The molecule has 0 aromatic heterocycles. The van der Waals surface area contributed by atoms with E-state index in [9.17, 15) is 10.1 Å². The summed E-state index contributed by atoms with van der Waals surface area (Å²) >= 11 is 0. The molecule has 2 N–H and O–H groups in total. The van der Waals surface area contributed by atoms with Crippen molar-refractivity contribution in [2.24, 2.45) is 0 Å². The van der Waals surface area contributed by atoms with Gasteiger partial charge in [0.15, 0.2) is 5.75 Å². The predicted octanol–water partition coefficient (Wildman–Crippen LogP) is 1.38. The molecule has 0 aliphatic carbocycles. The molecule has 6 nitrogen and oxygen atoms in total. The van der Waals surface area contributed by atoms with Crippen molar-refractivity contribution in [2.75, 3.05) is 25.5 Å². The molecule has 2 rings (SSSR count). The monoisotopic (exact) mass is 237 g/mol. The van der Waals surface area contributed by atoms with Crippen LogP contribution in [0.4, 0.5) is 11.4 Å². The molecule has 1 heterocycles. The van der Waals surface area contributed by atoms with Gasteiger partial charge in [-0.3, -0.25) is 10.1 Å². The Morgan fingerprint density at radius 3 is 3.00 bits per heavy atom. The molecule has 6 heteroatoms. The van der Waals surface area contributed by atoms with E-state index in [1.54, 1.807) is 12.1 Å². The van der Waals surface area contributed by atoms with Gasteiger partial charge in [-0.2, -0.15) is 0 Å². The van der Waals surface area contributed by atoms with Crippen molar-refractivity contribution in [2.45, 2.75) is 12.5 Å². The van der Waals surface area contributed by atoms with Crippen LogP contribution < -0.4 is 15.4 Å². The first-order valence-electron chi connectivity index (χ1n) is 5.50. The first kappa shape index (κ1) is 11.7. The fourth-order valence-corrected chi connectivity index (χ4v) is 1.93. The van der Waals surface area contributed by atoms with Crippen molar-refractivity contribution >= 4 is 11.4 Å². The maximum Gasteiger partial charge on any atom is 0.311 e. The van der Waals surface area contributed by atoms with Crippen LogP contribution >= 0.6 is 0 Å². The van der Waals surface area contributed by atoms with E-state index < -0.39 is 4.92 Å². The summed E-state index contributed by atoms with van der Waals surface area (Å²) in [4.78, 5) is 10.3. The summed E-state index contributed by atoms with van der Waals surface area (Å²) in [5.41, 5.74) is 0.837. The number of nitro groups is 1. The molecule has 0 saturated carbocycles. The number of nitro benzene ring substituents is 1. The minimum Gasteiger partial charge on any atom is -0.490 e. The van der Waals surface area contributed by atoms with Gasteiger partial charge in [0.25, 0.3) is 0 Å². The summed E-state index contributed by atoms with van der Waals surface area (Å²) in [7, 11) is 1.43. The topological polar surface area (TPSA) is 76.4 Å². The number of ether oxygens (including phenoxy) is 1. The van der Waals surface area contributed by atoms with E-state index in [4.69, 9.17) is 4.74 Å². The predicted molar refractivity (Wildman–Crippen MR) is 64.5 cm³/mol. The van der Waals surface area contributed by atoms with E-state index in [1.165, 1.54) is 13.2 Å². The standard InChI is InChI=1S/C11H15N3O3/c1-17-11-6-8(2-3-10(11)14(15)16)13-9-4-5-12-7-9/h2-3,6,9,12-13H,4-5,7H2,1H3. The van der Waals surface area contributed by atoms with Gasteiger partial charge in [0.1, 0.15) is 0 Å². The number of nitrogens with one attached hydrogen (secondary N) is 2. The quantitative estimate of drug-likeness (QED) is 0.611. The van der Waals surface area contributed by atoms with Crippen molar-refractivity contribution in [3.63, 3.8) is 0 Å². The van der Waals surface area contributed by atoms with E-state index in [2.05, 4.69) is 10.6 Å². The molecule has 0 amide bonds. The molecule has 17 heavy (non-hydrogen) atoms. The van der Waals surface area contributed by atoms with Crippen molar-refractivity contribution in [3.05, 3.63) is 28.3 Å². The highest BCUT2D eigenvalue weighted by atomic mass is 16.6. The average molecular weight is 237 g/mol. The van der Waals surface area contributed by atoms with E-state index in [1.807, 2.05) is 0 Å². The third-order valence-electron chi connectivity index (χ3n) is 2.81. The lowest BCUT2D eigenvalue weighted by molar-refractivity contribution is -0.385. The lowest BCUT2D eigenvalue weighted by atomic mass is 10.2. The molecule has 1 aliphatic heterocycles. The molecule has 1 atom stereocenters. The third kappa shape index (κ3) is 2.65. The first-order valence-corrected chi connectivity index (χ1v) is 5.50. The Kier molecular flexibility index (Phi) is 3.43. The summed E-state index contributed by atoms with van der Waals surface area (Å²) < 4.78 is 5.01. The number of methoxy groups -OCH3 is 1. The Balaban J connectivity index is 2.15. The van der Waals surface area contributed by atoms with E-state index in [0.29, 0.717) is 6.04 Å². The van der Waals surface area contributed by atoms with Crippen LogP contribution in [0.15, 0.2) is 18.2 Å². The average Bonchev–Trinajstić information content (AvgIpc) is 2.81. The molecule has 1 aromatic rings. The van der Waals surface area contributed by atoms with Crippen LogP contribution in [-0.4, -0.2) is 31.2 Å². The van der Waals surface area contributed by atoms with Gasteiger partial charge < -0.3 is 15.4 Å². The van der Waals surface area contributed by atoms with Gasteiger partial charge in [-0.25, -0.2) is 0 Å². The molecule has 1 fully saturated rings. The normalized spacial score (nSPS) is 19.0. The lowest BCUT2D eigenvalue weighted by Crippen LogP contribution is -2.22. The maximum atomic E-state index is 10.7. The van der Waals surface area contributed by atoms with Crippen LogP contribution in [0, 0.1) is 10.1 Å². The Labute approximate surface area is 99.1 Å². The molecule has 1 unspecified atom stereocenters. The van der Waals surface area contributed by atoms with Crippen LogP contribution in [0.3, 0.4) is 0 Å². The fraction of sp³-hybridized carbons (Fsp3) is 0.455. The number of hydrogen-bond donors (Lipinski definition) is 2. The zero-order chi connectivity index (χ0) is 12.3. The zero-order valence-corrected chi connectivity index (χ0v) is 9.60. The van der Waals surface area contributed by atoms with Crippen molar-refractivity contribution < 1.29 is 9.66 Å². The van der Waals surface area contributed by atoms with E-state index in [-0.39, 0.29) is 11.4 Å². The molecule has 1 aliphatic rings. The van der Waals surface area contributed by atoms with Gasteiger partial charge >= 0.3 is 5.69 Å². The van der Waals surface area contributed by atoms with Crippen LogP contribution in [0.5, 0.6) is 5.75 Å². The van der Waals surface area contributed by atoms with Crippen LogP contribution in [0.1, 0.15) is 6.42 Å². The van der Waals surface area contributed by atoms with E-state index in [0.717, 1.165) is 25.2 Å². The Morgan fingerprint density at radius 1 is 1.59 bits per heavy atom. The molecule has 92 valence electrons. The highest BCUT2D eigenvalue weighted by molar-refractivity contribution is 5.58. The van der Waals surface area contributed by atoms with Crippen molar-refractivity contribution in [3.8, 4) is 5.75 Å². The number of anilines is 1. The highest BCUT2D eigenvalue weighted by Gasteiger charge is 2.17. The van der Waals surface area contributed by atoms with Crippen LogP contribution in [0.25, 0.3) is 0 Å². The molecule has 0 spiro atoms. The van der Waals surface area contributed by atoms with Crippen molar-refractivity contribution in [1.82, 2.24) is 5.32 Å². The van der Waals surface area contributed by atoms with Gasteiger partial charge in [0.2, 0.25) is 0 Å². The second-order valence-corrected chi connectivity index (χ2v) is 3.98. The molecular formula is C11H15N3O3. The van der Waals surface area contributed by atoms with Crippen LogP contribution in [0.2, 0.25) is 0 Å². The minimum atomic E-state index is -0.445. The molecule has 0 radical (unpaired) electrons. The summed E-state index contributed by atoms with van der Waals surface area (Å²) in [5.74, 6) is 0.283. The molecular weight excluding hydrogens is 222 g/mol. The number of benzene rings is 1. The minimum absolute atomic E-state index is 0.0115. The fourth-order valence-electron chi connectivity index (χ4n) is 1.93. The molecule has 1 saturated heterocycles. The number of hydrogen-bond acceptors (Lipinski definition) is 5. The summed E-state index contributed by atoms with van der Waals surface area (Å²) in [6.07, 6.45) is 1.05. The largest absolute Gasteiger partial charge is 0.490 e. The zero-order valence-electron chi connectivity index (χ0n) is 9.60. The number of nitrogens with zero attached hydrogens (tertiary/aromatic N) is 1. The SMILES string of the molecule is COc1cc(NC2CCNC2)ccc1[N+](=O)[O-]. The van der Waals surface area contributed by atoms with Gasteiger partial charge in [-0.15, -0.1) is 0 Å². The second kappa shape index (κ2) is 5.01. The van der Waals surface area contributed by atoms with E-state index >= 15 is 0 Å². The summed E-state index contributed by atoms with van der Waals surface area (Å²) in [6, 6.07) is 5.21. The van der Waals surface area contributed by atoms with Gasteiger partial charge in [-0.05, 0) is 19.0 Å². The Bertz CT molecular complexity index is 416. The van der Waals surface area contributed by atoms with Gasteiger partial charge in [0, 0.05) is 30.4 Å². The Morgan fingerprint density at radius 2 is 2.41 bits per heavy atom. The smallest absolute Gasteiger partial charge is 0.311 e. The summed E-state index contributed by atoms with van der Waals surface area (Å²) in [6.45, 7) is 1.92. The number of rotatable bonds is 4. The first-order chi connectivity index (χ1) is 8.20. The second-order valence-electron chi connectivity index (χ2n) is 3.98. The van der Waals surface area contributed by atoms with Crippen molar-refractivity contribution in [1.29, 1.82) is 0 Å². The maximum absolute atomic E-state index is 10.7. The Hall–Kier alpha value is -1.82. The van der Waals surface area contributed by atoms with Gasteiger partial charge in [-0.1, -0.05) is 0 Å². The molecule has 0 bridgehead atoms. The summed E-state index contributed by atoms with van der Waals surface area (Å²) in [5, 5.41) is 17.3.